The summed E-state index contributed by atoms with van der Waals surface area (Å²) in [4.78, 5) is 12.9. The number of amides is 1. The Kier molecular flexibility index (Phi) is 5.87. The van der Waals surface area contributed by atoms with Crippen molar-refractivity contribution in [2.45, 2.75) is 69.3 Å². The second-order valence-corrected chi connectivity index (χ2v) is 10.4. The second kappa shape index (κ2) is 7.35. The molecule has 1 aromatic carbocycles. The first-order chi connectivity index (χ1) is 12.3. The fourth-order valence-electron chi connectivity index (χ4n) is 3.26. The van der Waals surface area contributed by atoms with Crippen LogP contribution in [-0.4, -0.2) is 47.3 Å². The van der Waals surface area contributed by atoms with Crippen LogP contribution in [-0.2, 0) is 10.0 Å². The molecule has 152 valence electrons. The molecular formula is C18H26F2N2O4S. The summed E-state index contributed by atoms with van der Waals surface area (Å²) in [6.45, 7) is 5.98. The predicted molar refractivity (Wildman–Crippen MR) is 98.3 cm³/mol. The third-order valence-electron chi connectivity index (χ3n) is 4.88. The highest BCUT2D eigenvalue weighted by Gasteiger charge is 2.52. The first kappa shape index (κ1) is 21.6. The van der Waals surface area contributed by atoms with Gasteiger partial charge in [0.15, 0.2) is 0 Å². The van der Waals surface area contributed by atoms with E-state index in [-0.39, 0.29) is 0 Å². The molecule has 0 aliphatic heterocycles. The molecule has 1 amide bonds. The molecule has 0 radical (unpaired) electrons. The number of halogens is 2. The van der Waals surface area contributed by atoms with Gasteiger partial charge in [0.1, 0.15) is 0 Å². The van der Waals surface area contributed by atoms with Gasteiger partial charge in [0.25, 0.3) is 5.92 Å². The van der Waals surface area contributed by atoms with Crippen molar-refractivity contribution >= 4 is 16.1 Å². The lowest BCUT2D eigenvalue weighted by atomic mass is 10.0. The van der Waals surface area contributed by atoms with Gasteiger partial charge in [0, 0.05) is 18.9 Å². The van der Waals surface area contributed by atoms with Gasteiger partial charge in [-0.05, 0) is 33.3 Å². The number of carboxylic acid groups (broad SMARTS) is 1. The maximum absolute atomic E-state index is 14.2. The minimum Gasteiger partial charge on any atom is -0.465 e. The molecule has 2 N–H and O–H groups in total. The topological polar surface area (TPSA) is 86.7 Å². The van der Waals surface area contributed by atoms with E-state index < -0.39 is 57.8 Å². The Morgan fingerprint density at radius 1 is 1.26 bits per heavy atom. The van der Waals surface area contributed by atoms with Crippen molar-refractivity contribution in [3.8, 4) is 0 Å². The minimum atomic E-state index is -3.92. The molecule has 0 heterocycles. The standard InChI is InChI=1S/C18H26F2N2O4S/c1-12(13-8-6-5-7-9-13)22(16(23)24)15-11-18(19,20)10-14(15)21-27(25,26)17(2,3)4/h5-9,12,14-15,21H,10-11H2,1-4H3,(H,23,24)/t12-,14+,15+/m1/s1. The Morgan fingerprint density at radius 2 is 1.81 bits per heavy atom. The number of rotatable bonds is 5. The molecule has 1 fully saturated rings. The van der Waals surface area contributed by atoms with E-state index in [1.807, 2.05) is 0 Å². The highest BCUT2D eigenvalue weighted by molar-refractivity contribution is 7.90. The third kappa shape index (κ3) is 4.76. The van der Waals surface area contributed by atoms with Crippen molar-refractivity contribution in [3.05, 3.63) is 35.9 Å². The van der Waals surface area contributed by atoms with Crippen molar-refractivity contribution in [1.29, 1.82) is 0 Å². The molecule has 0 unspecified atom stereocenters. The van der Waals surface area contributed by atoms with Crippen LogP contribution in [0.4, 0.5) is 13.6 Å². The van der Waals surface area contributed by atoms with E-state index in [9.17, 15) is 27.1 Å². The molecule has 0 bridgehead atoms. The van der Waals surface area contributed by atoms with Gasteiger partial charge >= 0.3 is 6.09 Å². The van der Waals surface area contributed by atoms with Crippen LogP contribution < -0.4 is 4.72 Å². The highest BCUT2D eigenvalue weighted by atomic mass is 32.2. The number of nitrogens with zero attached hydrogens (tertiary/aromatic N) is 1. The van der Waals surface area contributed by atoms with E-state index in [2.05, 4.69) is 4.72 Å². The van der Waals surface area contributed by atoms with Crippen molar-refractivity contribution in [2.75, 3.05) is 0 Å². The van der Waals surface area contributed by atoms with Gasteiger partial charge < -0.3 is 5.11 Å². The van der Waals surface area contributed by atoms with E-state index in [1.54, 1.807) is 37.3 Å². The molecule has 0 saturated heterocycles. The van der Waals surface area contributed by atoms with Gasteiger partial charge in [0.05, 0.1) is 16.8 Å². The lowest BCUT2D eigenvalue weighted by Crippen LogP contribution is -2.54. The first-order valence-corrected chi connectivity index (χ1v) is 10.2. The second-order valence-electron chi connectivity index (χ2n) is 7.95. The number of sulfonamides is 1. The van der Waals surface area contributed by atoms with Crippen LogP contribution in [0.1, 0.15) is 52.1 Å². The fourth-order valence-corrected chi connectivity index (χ4v) is 4.26. The third-order valence-corrected chi connectivity index (χ3v) is 7.11. The average Bonchev–Trinajstić information content (AvgIpc) is 2.80. The van der Waals surface area contributed by atoms with Gasteiger partial charge in [0.2, 0.25) is 10.0 Å². The van der Waals surface area contributed by atoms with Gasteiger partial charge in [-0.25, -0.2) is 26.7 Å². The molecule has 1 aliphatic carbocycles. The summed E-state index contributed by atoms with van der Waals surface area (Å²) >= 11 is 0. The molecule has 3 atom stereocenters. The SMILES string of the molecule is C[C@H](c1ccccc1)N(C(=O)O)[C@H]1CC(F)(F)C[C@@H]1NS(=O)(=O)C(C)(C)C. The summed E-state index contributed by atoms with van der Waals surface area (Å²) in [5, 5.41) is 9.72. The van der Waals surface area contributed by atoms with Crippen LogP contribution in [0.2, 0.25) is 0 Å². The highest BCUT2D eigenvalue weighted by Crippen LogP contribution is 2.41. The molecule has 0 aromatic heterocycles. The maximum Gasteiger partial charge on any atom is 0.408 e. The summed E-state index contributed by atoms with van der Waals surface area (Å²) in [5.41, 5.74) is 0.646. The van der Waals surface area contributed by atoms with Gasteiger partial charge in [-0.3, -0.25) is 4.90 Å². The van der Waals surface area contributed by atoms with Crippen LogP contribution in [0.25, 0.3) is 0 Å². The van der Waals surface area contributed by atoms with E-state index in [1.165, 1.54) is 20.8 Å². The molecule has 0 spiro atoms. The molecule has 1 aromatic rings. The van der Waals surface area contributed by atoms with Crippen LogP contribution in [0.5, 0.6) is 0 Å². The number of nitrogens with one attached hydrogen (secondary N) is 1. The zero-order chi connectivity index (χ0) is 20.6. The lowest BCUT2D eigenvalue weighted by Gasteiger charge is -2.36. The summed E-state index contributed by atoms with van der Waals surface area (Å²) in [6.07, 6.45) is -2.83. The number of hydrogen-bond donors (Lipinski definition) is 2. The zero-order valence-electron chi connectivity index (χ0n) is 15.8. The normalized spacial score (nSPS) is 23.8. The Hall–Kier alpha value is -1.74. The number of benzene rings is 1. The summed E-state index contributed by atoms with van der Waals surface area (Å²) in [7, 11) is -3.92. The molecule has 1 aliphatic rings. The van der Waals surface area contributed by atoms with Crippen LogP contribution >= 0.6 is 0 Å². The smallest absolute Gasteiger partial charge is 0.408 e. The molecule has 9 heteroatoms. The average molecular weight is 404 g/mol. The maximum atomic E-state index is 14.2. The van der Waals surface area contributed by atoms with Gasteiger partial charge in [-0.2, -0.15) is 0 Å². The van der Waals surface area contributed by atoms with Crippen LogP contribution in [0, 0.1) is 0 Å². The van der Waals surface area contributed by atoms with Gasteiger partial charge in [-0.1, -0.05) is 30.3 Å². The van der Waals surface area contributed by atoms with Gasteiger partial charge in [-0.15, -0.1) is 0 Å². The first-order valence-electron chi connectivity index (χ1n) is 8.71. The monoisotopic (exact) mass is 404 g/mol. The Balaban J connectivity index is 2.39. The number of carbonyl (C=O) groups is 1. The molecule has 1 saturated carbocycles. The van der Waals surface area contributed by atoms with E-state index in [0.717, 1.165) is 4.90 Å². The Bertz CT molecular complexity index is 778. The van der Waals surface area contributed by atoms with E-state index >= 15 is 0 Å². The largest absolute Gasteiger partial charge is 0.465 e. The minimum absolute atomic E-state index is 0.646. The summed E-state index contributed by atoms with van der Waals surface area (Å²) in [6, 6.07) is 5.57. The van der Waals surface area contributed by atoms with Crippen molar-refractivity contribution < 1.29 is 27.1 Å². The predicted octanol–water partition coefficient (Wildman–Crippen LogP) is 3.61. The van der Waals surface area contributed by atoms with Crippen molar-refractivity contribution in [3.63, 3.8) is 0 Å². The molecule has 6 nitrogen and oxygen atoms in total. The summed E-state index contributed by atoms with van der Waals surface area (Å²) in [5.74, 6) is -3.15. The van der Waals surface area contributed by atoms with Crippen molar-refractivity contribution in [1.82, 2.24) is 9.62 Å². The van der Waals surface area contributed by atoms with E-state index in [0.29, 0.717) is 5.56 Å². The van der Waals surface area contributed by atoms with Crippen molar-refractivity contribution in [2.24, 2.45) is 0 Å². The van der Waals surface area contributed by atoms with Crippen LogP contribution in [0.15, 0.2) is 30.3 Å². The summed E-state index contributed by atoms with van der Waals surface area (Å²) < 4.78 is 54.4. The number of alkyl halides is 2. The Morgan fingerprint density at radius 3 is 2.30 bits per heavy atom. The molecular weight excluding hydrogens is 378 g/mol. The lowest BCUT2D eigenvalue weighted by molar-refractivity contribution is -0.000727. The van der Waals surface area contributed by atoms with Crippen LogP contribution in [0.3, 0.4) is 0 Å². The Labute approximate surface area is 158 Å². The fraction of sp³-hybridized carbons (Fsp3) is 0.611. The zero-order valence-corrected chi connectivity index (χ0v) is 16.6. The molecule has 2 rings (SSSR count). The van der Waals surface area contributed by atoms with E-state index in [4.69, 9.17) is 0 Å². The molecule has 27 heavy (non-hydrogen) atoms. The quantitative estimate of drug-likeness (QED) is 0.785. The number of hydrogen-bond acceptors (Lipinski definition) is 3.